The normalized spacial score (nSPS) is 10.6. The molecule has 0 aliphatic heterocycles. The third-order valence-corrected chi connectivity index (χ3v) is 2.58. The number of nitrogens with zero attached hydrogens (tertiary/aromatic N) is 1. The van der Waals surface area contributed by atoms with Crippen molar-refractivity contribution in [2.24, 2.45) is 0 Å². The Labute approximate surface area is 104 Å². The smallest absolute Gasteiger partial charge is 0.357 e. The maximum absolute atomic E-state index is 12.5. The van der Waals surface area contributed by atoms with Gasteiger partial charge in [-0.3, -0.25) is 0 Å². The number of rotatable bonds is 3. The van der Waals surface area contributed by atoms with Crippen LogP contribution < -0.4 is 0 Å². The van der Waals surface area contributed by atoms with Crippen LogP contribution >= 0.6 is 27.5 Å². The predicted octanol–water partition coefficient (Wildman–Crippen LogP) is 3.61. The minimum Gasteiger partial charge on any atom is -0.461 e. The van der Waals surface area contributed by atoms with Gasteiger partial charge < -0.3 is 4.74 Å². The van der Waals surface area contributed by atoms with Gasteiger partial charge in [-0.2, -0.15) is 0 Å². The molecule has 7 heteroatoms. The van der Waals surface area contributed by atoms with Crippen molar-refractivity contribution in [3.63, 3.8) is 0 Å². The molecule has 0 amide bonds. The van der Waals surface area contributed by atoms with Crippen LogP contribution in [0.3, 0.4) is 0 Å². The first kappa shape index (κ1) is 13.3. The number of pyridine rings is 1. The van der Waals surface area contributed by atoms with Gasteiger partial charge in [-0.1, -0.05) is 11.6 Å². The lowest BCUT2D eigenvalue weighted by Crippen LogP contribution is -2.08. The molecule has 0 fully saturated rings. The fourth-order valence-corrected chi connectivity index (χ4v) is 1.97. The average molecular weight is 315 g/mol. The highest BCUT2D eigenvalue weighted by molar-refractivity contribution is 9.10. The lowest BCUT2D eigenvalue weighted by atomic mass is 10.2. The number of carbonyl (C=O) groups is 1. The molecule has 16 heavy (non-hydrogen) atoms. The first-order valence-corrected chi connectivity index (χ1v) is 5.45. The van der Waals surface area contributed by atoms with E-state index in [1.807, 2.05) is 0 Å². The molecule has 0 aromatic carbocycles. The Hall–Kier alpha value is -0.750. The molecule has 1 rings (SSSR count). The van der Waals surface area contributed by atoms with Crippen molar-refractivity contribution in [2.75, 3.05) is 6.61 Å². The third-order valence-electron chi connectivity index (χ3n) is 1.66. The Morgan fingerprint density at radius 3 is 2.75 bits per heavy atom. The fraction of sp³-hybridized carbons (Fsp3) is 0.333. The van der Waals surface area contributed by atoms with E-state index in [0.29, 0.717) is 0 Å². The van der Waals surface area contributed by atoms with Gasteiger partial charge in [0.15, 0.2) is 5.69 Å². The van der Waals surface area contributed by atoms with E-state index in [2.05, 4.69) is 25.7 Å². The van der Waals surface area contributed by atoms with Gasteiger partial charge in [-0.25, -0.2) is 18.6 Å². The van der Waals surface area contributed by atoms with Crippen LogP contribution in [0.5, 0.6) is 0 Å². The van der Waals surface area contributed by atoms with Crippen LogP contribution in [0.2, 0.25) is 5.02 Å². The molecule has 1 aromatic rings. The number of esters is 1. The summed E-state index contributed by atoms with van der Waals surface area (Å²) >= 11 is 8.45. The topological polar surface area (TPSA) is 39.2 Å². The minimum absolute atomic E-state index is 0.108. The van der Waals surface area contributed by atoms with Crippen molar-refractivity contribution in [1.29, 1.82) is 0 Å². The van der Waals surface area contributed by atoms with E-state index in [-0.39, 0.29) is 21.9 Å². The van der Waals surface area contributed by atoms with Crippen LogP contribution in [0.15, 0.2) is 10.7 Å². The van der Waals surface area contributed by atoms with Crippen LogP contribution in [-0.2, 0) is 4.74 Å². The number of aromatic nitrogens is 1. The zero-order valence-electron chi connectivity index (χ0n) is 8.14. The van der Waals surface area contributed by atoms with E-state index in [9.17, 15) is 13.6 Å². The van der Waals surface area contributed by atoms with Gasteiger partial charge in [0.1, 0.15) is 4.60 Å². The Morgan fingerprint density at radius 1 is 1.69 bits per heavy atom. The summed E-state index contributed by atoms with van der Waals surface area (Å²) in [6, 6.07) is 1.06. The number of hydrogen-bond donors (Lipinski definition) is 0. The number of hydrogen-bond acceptors (Lipinski definition) is 3. The molecule has 0 spiro atoms. The Balaban J connectivity index is 3.14. The van der Waals surface area contributed by atoms with Crippen molar-refractivity contribution >= 4 is 33.5 Å². The van der Waals surface area contributed by atoms with Crippen LogP contribution in [0.1, 0.15) is 29.4 Å². The summed E-state index contributed by atoms with van der Waals surface area (Å²) in [4.78, 5) is 14.9. The third kappa shape index (κ3) is 2.89. The van der Waals surface area contributed by atoms with E-state index in [4.69, 9.17) is 11.6 Å². The maximum atomic E-state index is 12.5. The zero-order valence-corrected chi connectivity index (χ0v) is 10.5. The SMILES string of the molecule is CCOC(=O)c1cc(Cl)c(C(F)F)c(Br)n1. The maximum Gasteiger partial charge on any atom is 0.357 e. The summed E-state index contributed by atoms with van der Waals surface area (Å²) in [6.07, 6.45) is -2.76. The molecule has 0 N–H and O–H groups in total. The molecule has 88 valence electrons. The fourth-order valence-electron chi connectivity index (χ4n) is 0.998. The number of carbonyl (C=O) groups excluding carboxylic acids is 1. The molecule has 1 heterocycles. The van der Waals surface area contributed by atoms with Crippen molar-refractivity contribution in [2.45, 2.75) is 13.3 Å². The van der Waals surface area contributed by atoms with Crippen LogP contribution in [0.4, 0.5) is 8.78 Å². The second kappa shape index (κ2) is 5.54. The minimum atomic E-state index is -2.76. The monoisotopic (exact) mass is 313 g/mol. The van der Waals surface area contributed by atoms with Crippen molar-refractivity contribution in [3.8, 4) is 0 Å². The summed E-state index contributed by atoms with van der Waals surface area (Å²) in [5.41, 5.74) is -0.544. The lowest BCUT2D eigenvalue weighted by molar-refractivity contribution is 0.0518. The Kier molecular flexibility index (Phi) is 4.61. The summed E-state index contributed by atoms with van der Waals surface area (Å²) in [7, 11) is 0. The Bertz CT molecular complexity index is 391. The predicted molar refractivity (Wildman–Crippen MR) is 57.9 cm³/mol. The van der Waals surface area contributed by atoms with Crippen molar-refractivity contribution in [1.82, 2.24) is 4.98 Å². The van der Waals surface area contributed by atoms with Crippen LogP contribution in [-0.4, -0.2) is 17.6 Å². The second-order valence-electron chi connectivity index (χ2n) is 2.71. The van der Waals surface area contributed by atoms with Gasteiger partial charge in [-0.05, 0) is 28.9 Å². The molecule has 0 unspecified atom stereocenters. The second-order valence-corrected chi connectivity index (χ2v) is 3.87. The number of alkyl halides is 2. The highest BCUT2D eigenvalue weighted by atomic mass is 79.9. The molecule has 0 saturated carbocycles. The van der Waals surface area contributed by atoms with Gasteiger partial charge in [0.05, 0.1) is 17.2 Å². The Morgan fingerprint density at radius 2 is 2.31 bits per heavy atom. The van der Waals surface area contributed by atoms with E-state index in [1.54, 1.807) is 6.92 Å². The van der Waals surface area contributed by atoms with Crippen molar-refractivity contribution < 1.29 is 18.3 Å². The van der Waals surface area contributed by atoms with Crippen LogP contribution in [0, 0.1) is 0 Å². The van der Waals surface area contributed by atoms with Gasteiger partial charge in [-0.15, -0.1) is 0 Å². The molecule has 3 nitrogen and oxygen atoms in total. The quantitative estimate of drug-likeness (QED) is 0.632. The molecule has 0 aliphatic rings. The first-order valence-electron chi connectivity index (χ1n) is 4.28. The molecular formula is C9H7BrClF2NO2. The molecule has 0 atom stereocenters. The largest absolute Gasteiger partial charge is 0.461 e. The molecule has 0 aliphatic carbocycles. The standard InChI is InChI=1S/C9H7BrClF2NO2/c1-2-16-9(15)5-3-4(11)6(8(12)13)7(10)14-5/h3,8H,2H2,1H3. The average Bonchev–Trinajstić information content (AvgIpc) is 2.16. The van der Waals surface area contributed by atoms with E-state index in [0.717, 1.165) is 6.07 Å². The van der Waals surface area contributed by atoms with Crippen LogP contribution in [0.25, 0.3) is 0 Å². The summed E-state index contributed by atoms with van der Waals surface area (Å²) in [6.45, 7) is 1.80. The first-order chi connectivity index (χ1) is 7.47. The molecule has 1 aromatic heterocycles. The highest BCUT2D eigenvalue weighted by Gasteiger charge is 2.20. The van der Waals surface area contributed by atoms with Gasteiger partial charge >= 0.3 is 5.97 Å². The summed E-state index contributed by atoms with van der Waals surface area (Å²) in [5.74, 6) is -0.703. The molecule has 0 saturated heterocycles. The van der Waals surface area contributed by atoms with Gasteiger partial charge in [0.2, 0.25) is 0 Å². The molecule has 0 radical (unpaired) electrons. The lowest BCUT2D eigenvalue weighted by Gasteiger charge is -2.07. The number of halogens is 4. The zero-order chi connectivity index (χ0) is 12.3. The van der Waals surface area contributed by atoms with Gasteiger partial charge in [0.25, 0.3) is 6.43 Å². The van der Waals surface area contributed by atoms with Gasteiger partial charge in [0, 0.05) is 0 Å². The molecule has 0 bridgehead atoms. The van der Waals surface area contributed by atoms with Crippen molar-refractivity contribution in [3.05, 3.63) is 26.9 Å². The van der Waals surface area contributed by atoms with E-state index in [1.165, 1.54) is 0 Å². The summed E-state index contributed by atoms with van der Waals surface area (Å²) in [5, 5.41) is -0.222. The molecular weight excluding hydrogens is 307 g/mol. The van der Waals surface area contributed by atoms with E-state index >= 15 is 0 Å². The number of ether oxygens (including phenoxy) is 1. The summed E-state index contributed by atoms with van der Waals surface area (Å²) < 4.78 is 29.5. The van der Waals surface area contributed by atoms with E-state index < -0.39 is 18.0 Å². The highest BCUT2D eigenvalue weighted by Crippen LogP contribution is 2.33.